The number of benzene rings is 1. The van der Waals surface area contributed by atoms with Crippen molar-refractivity contribution in [2.45, 2.75) is 31.2 Å². The van der Waals surface area contributed by atoms with E-state index in [-0.39, 0.29) is 17.8 Å². The highest BCUT2D eigenvalue weighted by molar-refractivity contribution is 7.88. The number of aliphatic hydroxyl groups is 1. The molecule has 6 heteroatoms. The van der Waals surface area contributed by atoms with Gasteiger partial charge in [0.15, 0.2) is 0 Å². The largest absolute Gasteiger partial charge is 0.393 e. The van der Waals surface area contributed by atoms with E-state index < -0.39 is 10.0 Å². The second-order valence-corrected chi connectivity index (χ2v) is 8.08. The lowest BCUT2D eigenvalue weighted by Gasteiger charge is -2.19. The molecule has 1 aromatic rings. The molecule has 3 unspecified atom stereocenters. The Morgan fingerprint density at radius 1 is 1.19 bits per heavy atom. The SMILES string of the molecule is NCc1ccccc1CS(=O)(=O)N1CC2CCC(O)C2C1. The lowest BCUT2D eigenvalue weighted by Crippen LogP contribution is -2.32. The molecule has 0 amide bonds. The molecule has 116 valence electrons. The van der Waals surface area contributed by atoms with Crippen molar-refractivity contribution in [2.24, 2.45) is 17.6 Å². The van der Waals surface area contributed by atoms with Gasteiger partial charge in [-0.25, -0.2) is 12.7 Å². The van der Waals surface area contributed by atoms with Crippen LogP contribution in [-0.2, 0) is 22.3 Å². The number of aliphatic hydroxyl groups excluding tert-OH is 1. The predicted molar refractivity (Wildman–Crippen MR) is 80.8 cm³/mol. The van der Waals surface area contributed by atoms with Gasteiger partial charge in [-0.15, -0.1) is 0 Å². The Morgan fingerprint density at radius 2 is 1.90 bits per heavy atom. The molecule has 1 saturated heterocycles. The average Bonchev–Trinajstić information content (AvgIpc) is 3.02. The highest BCUT2D eigenvalue weighted by Crippen LogP contribution is 2.39. The van der Waals surface area contributed by atoms with E-state index in [2.05, 4.69) is 0 Å². The maximum absolute atomic E-state index is 12.6. The molecule has 0 aromatic heterocycles. The molecular formula is C15H22N2O3S. The van der Waals surface area contributed by atoms with Crippen LogP contribution < -0.4 is 5.73 Å². The molecule has 2 aliphatic rings. The topological polar surface area (TPSA) is 83.6 Å². The summed E-state index contributed by atoms with van der Waals surface area (Å²) < 4.78 is 26.8. The van der Waals surface area contributed by atoms with Gasteiger partial charge in [-0.3, -0.25) is 0 Å². The van der Waals surface area contributed by atoms with Crippen molar-refractivity contribution < 1.29 is 13.5 Å². The van der Waals surface area contributed by atoms with Crippen LogP contribution in [0.5, 0.6) is 0 Å². The number of hydrogen-bond acceptors (Lipinski definition) is 4. The smallest absolute Gasteiger partial charge is 0.218 e. The van der Waals surface area contributed by atoms with E-state index in [9.17, 15) is 13.5 Å². The summed E-state index contributed by atoms with van der Waals surface area (Å²) in [6.07, 6.45) is 1.39. The van der Waals surface area contributed by atoms with E-state index in [1.165, 1.54) is 0 Å². The fourth-order valence-corrected chi connectivity index (χ4v) is 5.28. The molecule has 2 fully saturated rings. The number of nitrogens with zero attached hydrogens (tertiary/aromatic N) is 1. The maximum Gasteiger partial charge on any atom is 0.218 e. The van der Waals surface area contributed by atoms with Crippen molar-refractivity contribution in [3.8, 4) is 0 Å². The number of sulfonamides is 1. The number of fused-ring (bicyclic) bond motifs is 1. The van der Waals surface area contributed by atoms with Crippen LogP contribution in [0, 0.1) is 11.8 Å². The fourth-order valence-electron chi connectivity index (χ4n) is 3.61. The van der Waals surface area contributed by atoms with Gasteiger partial charge < -0.3 is 10.8 Å². The molecule has 1 aliphatic carbocycles. The number of nitrogens with two attached hydrogens (primary N) is 1. The molecule has 0 bridgehead atoms. The molecule has 1 saturated carbocycles. The van der Waals surface area contributed by atoms with E-state index >= 15 is 0 Å². The van der Waals surface area contributed by atoms with Gasteiger partial charge in [-0.2, -0.15) is 0 Å². The molecule has 3 N–H and O–H groups in total. The summed E-state index contributed by atoms with van der Waals surface area (Å²) in [6.45, 7) is 1.35. The van der Waals surface area contributed by atoms with Crippen LogP contribution in [0.3, 0.4) is 0 Å². The summed E-state index contributed by atoms with van der Waals surface area (Å²) in [7, 11) is -3.34. The molecule has 5 nitrogen and oxygen atoms in total. The number of rotatable bonds is 4. The van der Waals surface area contributed by atoms with Gasteiger partial charge in [0.1, 0.15) is 0 Å². The van der Waals surface area contributed by atoms with Gasteiger partial charge >= 0.3 is 0 Å². The van der Waals surface area contributed by atoms with Crippen LogP contribution in [0.2, 0.25) is 0 Å². The average molecular weight is 310 g/mol. The van der Waals surface area contributed by atoms with Crippen molar-refractivity contribution in [1.29, 1.82) is 0 Å². The molecule has 1 aromatic carbocycles. The monoisotopic (exact) mass is 310 g/mol. The Bertz CT molecular complexity index is 617. The van der Waals surface area contributed by atoms with E-state index in [4.69, 9.17) is 5.73 Å². The Balaban J connectivity index is 1.76. The zero-order valence-corrected chi connectivity index (χ0v) is 12.8. The molecule has 0 radical (unpaired) electrons. The lowest BCUT2D eigenvalue weighted by molar-refractivity contribution is 0.129. The summed E-state index contributed by atoms with van der Waals surface area (Å²) in [4.78, 5) is 0. The molecule has 3 rings (SSSR count). The minimum atomic E-state index is -3.34. The van der Waals surface area contributed by atoms with E-state index in [0.717, 1.165) is 24.0 Å². The zero-order chi connectivity index (χ0) is 15.0. The molecular weight excluding hydrogens is 288 g/mol. The van der Waals surface area contributed by atoms with Gasteiger partial charge in [0.2, 0.25) is 10.0 Å². The third kappa shape index (κ3) is 2.85. The van der Waals surface area contributed by atoms with Gasteiger partial charge in [0, 0.05) is 25.6 Å². The molecule has 1 aliphatic heterocycles. The van der Waals surface area contributed by atoms with Gasteiger partial charge in [0.05, 0.1) is 11.9 Å². The summed E-state index contributed by atoms with van der Waals surface area (Å²) in [5, 5.41) is 9.92. The second kappa shape index (κ2) is 5.68. The van der Waals surface area contributed by atoms with Crippen LogP contribution >= 0.6 is 0 Å². The van der Waals surface area contributed by atoms with Crippen LogP contribution in [0.25, 0.3) is 0 Å². The van der Waals surface area contributed by atoms with Crippen LogP contribution in [0.15, 0.2) is 24.3 Å². The Labute approximate surface area is 125 Å². The summed E-state index contributed by atoms with van der Waals surface area (Å²) in [5.41, 5.74) is 7.33. The molecule has 1 heterocycles. The van der Waals surface area contributed by atoms with E-state index in [0.29, 0.717) is 25.6 Å². The zero-order valence-electron chi connectivity index (χ0n) is 12.0. The summed E-state index contributed by atoms with van der Waals surface area (Å²) >= 11 is 0. The Hall–Kier alpha value is -0.950. The van der Waals surface area contributed by atoms with Crippen molar-refractivity contribution in [3.63, 3.8) is 0 Å². The quantitative estimate of drug-likeness (QED) is 0.856. The minimum Gasteiger partial charge on any atom is -0.393 e. The highest BCUT2D eigenvalue weighted by atomic mass is 32.2. The number of hydrogen-bond donors (Lipinski definition) is 2. The summed E-state index contributed by atoms with van der Waals surface area (Å²) in [6, 6.07) is 7.40. The van der Waals surface area contributed by atoms with Gasteiger partial charge in [-0.1, -0.05) is 24.3 Å². The first kappa shape index (κ1) is 15.0. The lowest BCUT2D eigenvalue weighted by atomic mass is 10.00. The van der Waals surface area contributed by atoms with Crippen LogP contribution in [-0.4, -0.2) is 37.0 Å². The molecule has 3 atom stereocenters. The van der Waals surface area contributed by atoms with Gasteiger partial charge in [0.25, 0.3) is 0 Å². The maximum atomic E-state index is 12.6. The van der Waals surface area contributed by atoms with E-state index in [1.807, 2.05) is 24.3 Å². The molecule has 21 heavy (non-hydrogen) atoms. The third-order valence-corrected chi connectivity index (χ3v) is 6.62. The van der Waals surface area contributed by atoms with Crippen molar-refractivity contribution >= 4 is 10.0 Å². The van der Waals surface area contributed by atoms with Crippen LogP contribution in [0.4, 0.5) is 0 Å². The normalized spacial score (nSPS) is 29.7. The van der Waals surface area contributed by atoms with Crippen molar-refractivity contribution in [1.82, 2.24) is 4.31 Å². The first-order valence-electron chi connectivity index (χ1n) is 7.44. The Morgan fingerprint density at radius 3 is 2.57 bits per heavy atom. The first-order valence-corrected chi connectivity index (χ1v) is 9.05. The van der Waals surface area contributed by atoms with E-state index in [1.54, 1.807) is 4.31 Å². The van der Waals surface area contributed by atoms with Gasteiger partial charge in [-0.05, 0) is 29.9 Å². The van der Waals surface area contributed by atoms with Crippen molar-refractivity contribution in [2.75, 3.05) is 13.1 Å². The second-order valence-electron chi connectivity index (χ2n) is 6.11. The first-order chi connectivity index (χ1) is 10.0. The fraction of sp³-hybridized carbons (Fsp3) is 0.600. The minimum absolute atomic E-state index is 0.00406. The standard InChI is InChI=1S/C15H22N2O3S/c16-7-11-3-1-2-4-13(11)10-21(19,20)17-8-12-5-6-15(18)14(12)9-17/h1-4,12,14-15,18H,5-10,16H2. The highest BCUT2D eigenvalue weighted by Gasteiger charge is 2.45. The third-order valence-electron chi connectivity index (χ3n) is 4.86. The van der Waals surface area contributed by atoms with Crippen molar-refractivity contribution in [3.05, 3.63) is 35.4 Å². The summed E-state index contributed by atoms with van der Waals surface area (Å²) in [5.74, 6) is 0.430. The van der Waals surface area contributed by atoms with Crippen LogP contribution in [0.1, 0.15) is 24.0 Å². The predicted octanol–water partition coefficient (Wildman–Crippen LogP) is 0.678. The Kier molecular flexibility index (Phi) is 4.05. The molecule has 0 spiro atoms.